The van der Waals surface area contributed by atoms with Crippen LogP contribution in [0.3, 0.4) is 0 Å². The van der Waals surface area contributed by atoms with Gasteiger partial charge in [-0.1, -0.05) is 27.2 Å². The molecule has 96 valence electrons. The minimum absolute atomic E-state index is 0.342. The highest BCUT2D eigenvalue weighted by Crippen LogP contribution is 2.36. The van der Waals surface area contributed by atoms with Crippen LogP contribution in [0.25, 0.3) is 0 Å². The van der Waals surface area contributed by atoms with Gasteiger partial charge in [-0.15, -0.1) is 0 Å². The molecule has 0 atom stereocenters. The van der Waals surface area contributed by atoms with Crippen LogP contribution in [0.2, 0.25) is 18.1 Å². The van der Waals surface area contributed by atoms with Crippen molar-refractivity contribution >= 4 is 8.32 Å². The molecule has 0 bridgehead atoms. The molecule has 0 unspecified atom stereocenters. The lowest BCUT2D eigenvalue weighted by atomic mass is 10.1. The molecule has 0 amide bonds. The van der Waals surface area contributed by atoms with Gasteiger partial charge >= 0.3 is 0 Å². The molecule has 0 spiro atoms. The maximum absolute atomic E-state index is 6.19. The van der Waals surface area contributed by atoms with Gasteiger partial charge in [0.15, 0.2) is 8.32 Å². The highest BCUT2D eigenvalue weighted by molar-refractivity contribution is 6.74. The molecule has 0 aromatic heterocycles. The van der Waals surface area contributed by atoms with Gasteiger partial charge in [0.25, 0.3) is 0 Å². The third-order valence-corrected chi connectivity index (χ3v) is 8.66. The van der Waals surface area contributed by atoms with Crippen LogP contribution < -0.4 is 0 Å². The van der Waals surface area contributed by atoms with E-state index in [9.17, 15) is 0 Å². The smallest absolute Gasteiger partial charge is 0.192 e. The van der Waals surface area contributed by atoms with Crippen LogP contribution in [0.1, 0.15) is 40.0 Å². The van der Waals surface area contributed by atoms with E-state index >= 15 is 0 Å². The van der Waals surface area contributed by atoms with Crippen LogP contribution in [0.4, 0.5) is 0 Å². The van der Waals surface area contributed by atoms with Crippen LogP contribution in [0.5, 0.6) is 0 Å². The highest BCUT2D eigenvalue weighted by atomic mass is 28.4. The summed E-state index contributed by atoms with van der Waals surface area (Å²) in [7, 11) is -1.52. The highest BCUT2D eigenvalue weighted by Gasteiger charge is 2.36. The second-order valence-electron chi connectivity index (χ2n) is 6.51. The fourth-order valence-corrected chi connectivity index (χ4v) is 2.86. The number of rotatable bonds is 4. The quantitative estimate of drug-likeness (QED) is 0.701. The van der Waals surface area contributed by atoms with Gasteiger partial charge in [0.05, 0.1) is 0 Å². The lowest BCUT2D eigenvalue weighted by Crippen LogP contribution is -2.43. The SMILES string of the molecule is CC(C)(C)[Si](C)(C)OCCN1CCCCC1. The van der Waals surface area contributed by atoms with Crippen molar-refractivity contribution < 1.29 is 4.43 Å². The molecule has 1 aliphatic heterocycles. The van der Waals surface area contributed by atoms with Crippen LogP contribution >= 0.6 is 0 Å². The molecule has 0 aromatic carbocycles. The molecule has 0 N–H and O–H groups in total. The van der Waals surface area contributed by atoms with Crippen LogP contribution in [-0.2, 0) is 4.43 Å². The van der Waals surface area contributed by atoms with Crippen LogP contribution in [0, 0.1) is 0 Å². The third-order valence-electron chi connectivity index (χ3n) is 4.13. The Kier molecular flexibility index (Phi) is 5.01. The van der Waals surface area contributed by atoms with Crippen molar-refractivity contribution in [1.82, 2.24) is 4.90 Å². The average molecular weight is 243 g/mol. The Labute approximate surface area is 102 Å². The Morgan fingerprint density at radius 3 is 2.12 bits per heavy atom. The second-order valence-corrected chi connectivity index (χ2v) is 11.3. The second kappa shape index (κ2) is 5.65. The maximum atomic E-state index is 6.19. The zero-order chi connectivity index (χ0) is 12.2. The van der Waals surface area contributed by atoms with E-state index in [4.69, 9.17) is 4.43 Å². The van der Waals surface area contributed by atoms with E-state index in [2.05, 4.69) is 38.8 Å². The number of likely N-dealkylation sites (tertiary alicyclic amines) is 1. The molecule has 3 heteroatoms. The molecule has 0 saturated carbocycles. The van der Waals surface area contributed by atoms with E-state index in [0.29, 0.717) is 5.04 Å². The Hall–Kier alpha value is 0.137. The van der Waals surface area contributed by atoms with E-state index in [1.165, 1.54) is 32.4 Å². The molecule has 2 nitrogen and oxygen atoms in total. The van der Waals surface area contributed by atoms with E-state index < -0.39 is 8.32 Å². The summed E-state index contributed by atoms with van der Waals surface area (Å²) in [5.74, 6) is 0. The standard InChI is InChI=1S/C13H29NOSi/c1-13(2,3)16(4,5)15-12-11-14-9-7-6-8-10-14/h6-12H2,1-5H3. The Balaban J connectivity index is 2.23. The van der Waals surface area contributed by atoms with Gasteiger partial charge in [0.1, 0.15) is 0 Å². The van der Waals surface area contributed by atoms with Crippen molar-refractivity contribution in [2.45, 2.75) is 58.2 Å². The Morgan fingerprint density at radius 2 is 1.62 bits per heavy atom. The first-order valence-corrected chi connectivity index (χ1v) is 9.60. The van der Waals surface area contributed by atoms with Crippen molar-refractivity contribution in [1.29, 1.82) is 0 Å². The number of nitrogens with zero attached hydrogens (tertiary/aromatic N) is 1. The maximum Gasteiger partial charge on any atom is 0.192 e. The summed E-state index contributed by atoms with van der Waals surface area (Å²) in [6, 6.07) is 0. The number of hydrogen-bond donors (Lipinski definition) is 0. The summed E-state index contributed by atoms with van der Waals surface area (Å²) in [6.45, 7) is 16.2. The first-order valence-electron chi connectivity index (χ1n) is 6.69. The fourth-order valence-electron chi connectivity index (χ4n) is 1.83. The summed E-state index contributed by atoms with van der Waals surface area (Å²) in [5.41, 5.74) is 0. The molecule has 1 saturated heterocycles. The minimum Gasteiger partial charge on any atom is -0.416 e. The van der Waals surface area contributed by atoms with Crippen molar-refractivity contribution in [2.24, 2.45) is 0 Å². The predicted octanol–water partition coefficient (Wildman–Crippen LogP) is 3.49. The topological polar surface area (TPSA) is 12.5 Å². The molecular formula is C13H29NOSi. The molecule has 1 fully saturated rings. The van der Waals surface area contributed by atoms with Gasteiger partial charge < -0.3 is 9.33 Å². The number of hydrogen-bond acceptors (Lipinski definition) is 2. The fraction of sp³-hybridized carbons (Fsp3) is 1.00. The minimum atomic E-state index is -1.52. The van der Waals surface area contributed by atoms with E-state index in [1.807, 2.05) is 0 Å². The van der Waals surface area contributed by atoms with Gasteiger partial charge in [0, 0.05) is 13.2 Å². The van der Waals surface area contributed by atoms with Crippen molar-refractivity contribution in [2.75, 3.05) is 26.2 Å². The van der Waals surface area contributed by atoms with Crippen LogP contribution in [-0.4, -0.2) is 39.5 Å². The van der Waals surface area contributed by atoms with Gasteiger partial charge in [-0.3, -0.25) is 0 Å². The van der Waals surface area contributed by atoms with Crippen molar-refractivity contribution in [3.8, 4) is 0 Å². The van der Waals surface area contributed by atoms with Crippen molar-refractivity contribution in [3.63, 3.8) is 0 Å². The van der Waals surface area contributed by atoms with E-state index in [0.717, 1.165) is 13.2 Å². The molecule has 0 aromatic rings. The summed E-state index contributed by atoms with van der Waals surface area (Å²) in [5, 5.41) is 0.342. The molecule has 0 aliphatic carbocycles. The summed E-state index contributed by atoms with van der Waals surface area (Å²) in [6.07, 6.45) is 4.17. The van der Waals surface area contributed by atoms with Crippen LogP contribution in [0.15, 0.2) is 0 Å². The van der Waals surface area contributed by atoms with E-state index in [-0.39, 0.29) is 0 Å². The first kappa shape index (κ1) is 14.2. The number of piperidine rings is 1. The average Bonchev–Trinajstić information content (AvgIpc) is 2.17. The lowest BCUT2D eigenvalue weighted by molar-refractivity contribution is 0.175. The van der Waals surface area contributed by atoms with Gasteiger partial charge in [0.2, 0.25) is 0 Å². The Morgan fingerprint density at radius 1 is 1.06 bits per heavy atom. The van der Waals surface area contributed by atoms with Gasteiger partial charge in [-0.05, 0) is 44.1 Å². The molecule has 16 heavy (non-hydrogen) atoms. The molecule has 1 rings (SSSR count). The zero-order valence-electron chi connectivity index (χ0n) is 11.8. The van der Waals surface area contributed by atoms with Crippen molar-refractivity contribution in [3.05, 3.63) is 0 Å². The first-order chi connectivity index (χ1) is 7.33. The zero-order valence-corrected chi connectivity index (χ0v) is 12.8. The molecule has 0 radical (unpaired) electrons. The predicted molar refractivity (Wildman–Crippen MR) is 73.4 cm³/mol. The summed E-state index contributed by atoms with van der Waals surface area (Å²) < 4.78 is 6.19. The largest absolute Gasteiger partial charge is 0.416 e. The monoisotopic (exact) mass is 243 g/mol. The van der Waals surface area contributed by atoms with Gasteiger partial charge in [-0.25, -0.2) is 0 Å². The molecule has 1 aliphatic rings. The third kappa shape index (κ3) is 4.19. The van der Waals surface area contributed by atoms with E-state index in [1.54, 1.807) is 0 Å². The molecule has 1 heterocycles. The Bertz CT molecular complexity index is 204. The molecular weight excluding hydrogens is 214 g/mol. The summed E-state index contributed by atoms with van der Waals surface area (Å²) >= 11 is 0. The lowest BCUT2D eigenvalue weighted by Gasteiger charge is -2.37. The normalized spacial score (nSPS) is 20.1. The van der Waals surface area contributed by atoms with Gasteiger partial charge in [-0.2, -0.15) is 0 Å². The summed E-state index contributed by atoms with van der Waals surface area (Å²) in [4.78, 5) is 2.55.